The number of aryl methyl sites for hydroxylation is 1. The van der Waals surface area contributed by atoms with Gasteiger partial charge in [-0.1, -0.05) is 22.0 Å². The van der Waals surface area contributed by atoms with E-state index in [9.17, 15) is 4.39 Å². The summed E-state index contributed by atoms with van der Waals surface area (Å²) in [4.78, 5) is 0. The minimum Gasteiger partial charge on any atom is -0.364 e. The number of halogens is 2. The van der Waals surface area contributed by atoms with Crippen LogP contribution in [0.4, 0.5) is 10.2 Å². The van der Waals surface area contributed by atoms with Crippen molar-refractivity contribution in [1.29, 1.82) is 0 Å². The van der Waals surface area contributed by atoms with Crippen molar-refractivity contribution >= 4 is 21.7 Å². The molecule has 0 amide bonds. The van der Waals surface area contributed by atoms with Gasteiger partial charge in [-0.15, -0.1) is 0 Å². The van der Waals surface area contributed by atoms with Gasteiger partial charge in [0.1, 0.15) is 11.6 Å². The zero-order valence-corrected chi connectivity index (χ0v) is 10.3. The molecule has 1 aromatic heterocycles. The number of hydrogen-bond acceptors (Lipinski definition) is 2. The number of rotatable bonds is 3. The van der Waals surface area contributed by atoms with Crippen LogP contribution < -0.4 is 5.32 Å². The molecule has 0 atom stereocenters. The molecule has 0 bridgehead atoms. The van der Waals surface area contributed by atoms with Gasteiger partial charge in [0.05, 0.1) is 0 Å². The highest BCUT2D eigenvalue weighted by atomic mass is 79.9. The van der Waals surface area contributed by atoms with E-state index in [1.807, 2.05) is 19.3 Å². The van der Waals surface area contributed by atoms with Gasteiger partial charge in [0.2, 0.25) is 0 Å². The summed E-state index contributed by atoms with van der Waals surface area (Å²) in [5.41, 5.74) is 0.993. The van der Waals surface area contributed by atoms with Crippen LogP contribution in [0.25, 0.3) is 0 Å². The Hall–Kier alpha value is -1.36. The summed E-state index contributed by atoms with van der Waals surface area (Å²) < 4.78 is 15.3. The molecule has 16 heavy (non-hydrogen) atoms. The maximum Gasteiger partial charge on any atom is 0.148 e. The van der Waals surface area contributed by atoms with E-state index in [2.05, 4.69) is 26.3 Å². The fourth-order valence-corrected chi connectivity index (χ4v) is 1.85. The Bertz CT molecular complexity index is 496. The van der Waals surface area contributed by atoms with Crippen LogP contribution in [0.15, 0.2) is 34.9 Å². The lowest BCUT2D eigenvalue weighted by molar-refractivity contribution is 0.626. The molecule has 0 radical (unpaired) electrons. The van der Waals surface area contributed by atoms with Crippen LogP contribution >= 0.6 is 15.9 Å². The molecule has 2 rings (SSSR count). The fourth-order valence-electron chi connectivity index (χ4n) is 1.36. The van der Waals surface area contributed by atoms with Crippen molar-refractivity contribution in [3.63, 3.8) is 0 Å². The van der Waals surface area contributed by atoms with Gasteiger partial charge >= 0.3 is 0 Å². The molecule has 5 heteroatoms. The second kappa shape index (κ2) is 4.65. The monoisotopic (exact) mass is 283 g/mol. The molecule has 0 aliphatic heterocycles. The summed E-state index contributed by atoms with van der Waals surface area (Å²) in [6, 6.07) is 6.53. The van der Waals surface area contributed by atoms with Gasteiger partial charge in [0.15, 0.2) is 0 Å². The zero-order chi connectivity index (χ0) is 11.5. The van der Waals surface area contributed by atoms with E-state index in [0.29, 0.717) is 6.54 Å². The van der Waals surface area contributed by atoms with Crippen LogP contribution in [0.3, 0.4) is 0 Å². The standard InChI is InChI=1S/C11H11BrFN3/c1-16-5-4-11(15-16)14-7-8-2-3-9(13)6-10(8)12/h2-6H,7H2,1H3,(H,14,15). The van der Waals surface area contributed by atoms with E-state index in [1.54, 1.807) is 10.7 Å². The highest BCUT2D eigenvalue weighted by Gasteiger charge is 2.02. The van der Waals surface area contributed by atoms with Gasteiger partial charge in [-0.3, -0.25) is 4.68 Å². The number of aromatic nitrogens is 2. The molecule has 1 aromatic carbocycles. The van der Waals surface area contributed by atoms with Crippen molar-refractivity contribution in [3.8, 4) is 0 Å². The van der Waals surface area contributed by atoms with Crippen molar-refractivity contribution in [2.24, 2.45) is 7.05 Å². The molecule has 2 aromatic rings. The molecule has 1 N–H and O–H groups in total. The highest BCUT2D eigenvalue weighted by Crippen LogP contribution is 2.18. The number of nitrogens with zero attached hydrogens (tertiary/aromatic N) is 2. The van der Waals surface area contributed by atoms with Crippen LogP contribution in [-0.4, -0.2) is 9.78 Å². The van der Waals surface area contributed by atoms with E-state index in [-0.39, 0.29) is 5.82 Å². The summed E-state index contributed by atoms with van der Waals surface area (Å²) in [5, 5.41) is 7.35. The molecule has 0 fully saturated rings. The summed E-state index contributed by atoms with van der Waals surface area (Å²) in [6.07, 6.45) is 1.86. The summed E-state index contributed by atoms with van der Waals surface area (Å²) in [5.74, 6) is 0.562. The van der Waals surface area contributed by atoms with Crippen LogP contribution in [-0.2, 0) is 13.6 Å². The molecular formula is C11H11BrFN3. The Morgan fingerprint density at radius 1 is 1.44 bits per heavy atom. The van der Waals surface area contributed by atoms with E-state index < -0.39 is 0 Å². The van der Waals surface area contributed by atoms with Crippen molar-refractivity contribution < 1.29 is 4.39 Å². The zero-order valence-electron chi connectivity index (χ0n) is 8.74. The van der Waals surface area contributed by atoms with E-state index in [1.165, 1.54) is 12.1 Å². The first-order chi connectivity index (χ1) is 7.65. The molecule has 0 spiro atoms. The molecule has 84 valence electrons. The summed E-state index contributed by atoms with van der Waals surface area (Å²) in [7, 11) is 1.86. The third-order valence-corrected chi connectivity index (χ3v) is 2.93. The Morgan fingerprint density at radius 2 is 2.25 bits per heavy atom. The SMILES string of the molecule is Cn1ccc(NCc2ccc(F)cc2Br)n1. The maximum absolute atomic E-state index is 12.8. The van der Waals surface area contributed by atoms with Crippen molar-refractivity contribution in [3.05, 3.63) is 46.3 Å². The number of anilines is 1. The fraction of sp³-hybridized carbons (Fsp3) is 0.182. The normalized spacial score (nSPS) is 10.4. The third kappa shape index (κ3) is 2.61. The van der Waals surface area contributed by atoms with Gasteiger partial charge in [-0.25, -0.2) is 4.39 Å². The minimum atomic E-state index is -0.242. The molecule has 0 saturated carbocycles. The van der Waals surface area contributed by atoms with Gasteiger partial charge in [0, 0.05) is 30.3 Å². The first kappa shape index (κ1) is 11.1. The van der Waals surface area contributed by atoms with Crippen molar-refractivity contribution in [2.45, 2.75) is 6.54 Å². The maximum atomic E-state index is 12.8. The van der Waals surface area contributed by atoms with Crippen molar-refractivity contribution in [1.82, 2.24) is 9.78 Å². The largest absolute Gasteiger partial charge is 0.364 e. The van der Waals surface area contributed by atoms with E-state index in [0.717, 1.165) is 15.9 Å². The highest BCUT2D eigenvalue weighted by molar-refractivity contribution is 9.10. The summed E-state index contributed by atoms with van der Waals surface area (Å²) >= 11 is 3.32. The second-order valence-electron chi connectivity index (χ2n) is 3.46. The van der Waals surface area contributed by atoms with E-state index >= 15 is 0 Å². The smallest absolute Gasteiger partial charge is 0.148 e. The molecule has 0 saturated heterocycles. The molecular weight excluding hydrogens is 273 g/mol. The molecule has 3 nitrogen and oxygen atoms in total. The average Bonchev–Trinajstić information content (AvgIpc) is 2.63. The number of benzene rings is 1. The van der Waals surface area contributed by atoms with Crippen LogP contribution in [0.2, 0.25) is 0 Å². The predicted molar refractivity (Wildman–Crippen MR) is 64.6 cm³/mol. The van der Waals surface area contributed by atoms with E-state index in [4.69, 9.17) is 0 Å². The molecule has 0 aliphatic rings. The van der Waals surface area contributed by atoms with Gasteiger partial charge in [-0.2, -0.15) is 5.10 Å². The number of nitrogens with one attached hydrogen (secondary N) is 1. The van der Waals surface area contributed by atoms with Crippen LogP contribution in [0.1, 0.15) is 5.56 Å². The topological polar surface area (TPSA) is 29.9 Å². The first-order valence-corrected chi connectivity index (χ1v) is 5.62. The minimum absolute atomic E-state index is 0.242. The Balaban J connectivity index is 2.04. The van der Waals surface area contributed by atoms with Crippen molar-refractivity contribution in [2.75, 3.05) is 5.32 Å². The molecule has 0 aliphatic carbocycles. The predicted octanol–water partition coefficient (Wildman–Crippen LogP) is 2.93. The lowest BCUT2D eigenvalue weighted by Gasteiger charge is -2.05. The first-order valence-electron chi connectivity index (χ1n) is 4.82. The average molecular weight is 284 g/mol. The van der Waals surface area contributed by atoms with Crippen LogP contribution in [0.5, 0.6) is 0 Å². The van der Waals surface area contributed by atoms with Gasteiger partial charge in [0.25, 0.3) is 0 Å². The second-order valence-corrected chi connectivity index (χ2v) is 4.32. The molecule has 0 unspecified atom stereocenters. The third-order valence-electron chi connectivity index (χ3n) is 2.19. The quantitative estimate of drug-likeness (QED) is 0.939. The lowest BCUT2D eigenvalue weighted by atomic mass is 10.2. The molecule has 1 heterocycles. The summed E-state index contributed by atoms with van der Waals surface area (Å²) in [6.45, 7) is 0.609. The Kier molecular flexibility index (Phi) is 3.24. The number of hydrogen-bond donors (Lipinski definition) is 1. The Labute approximate surface area is 101 Å². The van der Waals surface area contributed by atoms with Crippen LogP contribution in [0, 0.1) is 5.82 Å². The Morgan fingerprint density at radius 3 is 2.88 bits per heavy atom. The van der Waals surface area contributed by atoms with Gasteiger partial charge < -0.3 is 5.32 Å². The lowest BCUT2D eigenvalue weighted by Crippen LogP contribution is -2.01. The van der Waals surface area contributed by atoms with Gasteiger partial charge in [-0.05, 0) is 17.7 Å².